The van der Waals surface area contributed by atoms with Crippen molar-refractivity contribution in [2.24, 2.45) is 5.92 Å². The van der Waals surface area contributed by atoms with E-state index in [1.807, 2.05) is 0 Å². The predicted octanol–water partition coefficient (Wildman–Crippen LogP) is 3.32. The van der Waals surface area contributed by atoms with Crippen LogP contribution < -0.4 is 4.74 Å². The second kappa shape index (κ2) is 4.96. The Morgan fingerprint density at radius 2 is 2.29 bits per heavy atom. The van der Waals surface area contributed by atoms with Crippen LogP contribution in [0.1, 0.15) is 31.2 Å². The number of benzene rings is 1. The van der Waals surface area contributed by atoms with E-state index < -0.39 is 11.9 Å². The van der Waals surface area contributed by atoms with Gasteiger partial charge in [0.15, 0.2) is 0 Å². The Bertz CT molecular complexity index is 427. The highest BCUT2D eigenvalue weighted by Crippen LogP contribution is 2.33. The lowest BCUT2D eigenvalue weighted by atomic mass is 10.0. The highest BCUT2D eigenvalue weighted by molar-refractivity contribution is 6.30. The Morgan fingerprint density at radius 1 is 1.59 bits per heavy atom. The van der Waals surface area contributed by atoms with Gasteiger partial charge in [0.25, 0.3) is 0 Å². The zero-order chi connectivity index (χ0) is 12.4. The first kappa shape index (κ1) is 12.2. The van der Waals surface area contributed by atoms with E-state index in [9.17, 15) is 4.79 Å². The smallest absolute Gasteiger partial charge is 0.310 e. The monoisotopic (exact) mass is 254 g/mol. The SMILES string of the molecule is CC(C(=O)O)c1cc(Cl)ccc1OCC1CC1. The molecule has 17 heavy (non-hydrogen) atoms. The molecular weight excluding hydrogens is 240 g/mol. The molecule has 3 nitrogen and oxygen atoms in total. The third-order valence-electron chi connectivity index (χ3n) is 2.98. The number of rotatable bonds is 5. The number of hydrogen-bond donors (Lipinski definition) is 1. The van der Waals surface area contributed by atoms with Gasteiger partial charge in [0, 0.05) is 10.6 Å². The van der Waals surface area contributed by atoms with Gasteiger partial charge in [-0.1, -0.05) is 11.6 Å². The second-order valence-electron chi connectivity index (χ2n) is 4.50. The molecule has 0 spiro atoms. The summed E-state index contributed by atoms with van der Waals surface area (Å²) < 4.78 is 5.67. The minimum atomic E-state index is -0.872. The van der Waals surface area contributed by atoms with Crippen molar-refractivity contribution in [2.45, 2.75) is 25.7 Å². The van der Waals surface area contributed by atoms with Crippen molar-refractivity contribution >= 4 is 17.6 Å². The predicted molar refractivity (Wildman–Crippen MR) is 65.7 cm³/mol. The molecule has 0 aromatic heterocycles. The molecule has 1 aromatic rings. The zero-order valence-electron chi connectivity index (χ0n) is 9.65. The van der Waals surface area contributed by atoms with Crippen molar-refractivity contribution in [1.82, 2.24) is 0 Å². The van der Waals surface area contributed by atoms with Gasteiger partial charge in [0.1, 0.15) is 5.75 Å². The molecule has 2 rings (SSSR count). The number of halogens is 1. The van der Waals surface area contributed by atoms with Crippen molar-refractivity contribution in [1.29, 1.82) is 0 Å². The zero-order valence-corrected chi connectivity index (χ0v) is 10.4. The standard InChI is InChI=1S/C13H15ClO3/c1-8(13(15)16)11-6-10(14)4-5-12(11)17-7-9-2-3-9/h4-6,8-9H,2-3,7H2,1H3,(H,15,16). The molecule has 1 atom stereocenters. The lowest BCUT2D eigenvalue weighted by molar-refractivity contribution is -0.138. The fourth-order valence-corrected chi connectivity index (χ4v) is 1.79. The lowest BCUT2D eigenvalue weighted by Crippen LogP contribution is -2.10. The van der Waals surface area contributed by atoms with E-state index >= 15 is 0 Å². The molecular formula is C13H15ClO3. The van der Waals surface area contributed by atoms with Gasteiger partial charge in [-0.3, -0.25) is 4.79 Å². The summed E-state index contributed by atoms with van der Waals surface area (Å²) in [6.07, 6.45) is 2.41. The van der Waals surface area contributed by atoms with E-state index in [2.05, 4.69) is 0 Å². The van der Waals surface area contributed by atoms with Gasteiger partial charge in [0.2, 0.25) is 0 Å². The first-order valence-electron chi connectivity index (χ1n) is 5.73. The van der Waals surface area contributed by atoms with Gasteiger partial charge >= 0.3 is 5.97 Å². The number of carbonyl (C=O) groups is 1. The molecule has 1 saturated carbocycles. The molecule has 0 radical (unpaired) electrons. The van der Waals surface area contributed by atoms with Crippen LogP contribution in [0.2, 0.25) is 5.02 Å². The van der Waals surface area contributed by atoms with Crippen LogP contribution in [-0.2, 0) is 4.79 Å². The summed E-state index contributed by atoms with van der Waals surface area (Å²) in [5.41, 5.74) is 0.644. The Hall–Kier alpha value is -1.22. The van der Waals surface area contributed by atoms with E-state index in [1.165, 1.54) is 12.8 Å². The summed E-state index contributed by atoms with van der Waals surface area (Å²) in [6.45, 7) is 2.30. The van der Waals surface area contributed by atoms with Gasteiger partial charge in [-0.05, 0) is 43.9 Å². The van der Waals surface area contributed by atoms with Crippen molar-refractivity contribution in [2.75, 3.05) is 6.61 Å². The number of hydrogen-bond acceptors (Lipinski definition) is 2. The molecule has 0 saturated heterocycles. The Kier molecular flexibility index (Phi) is 3.57. The molecule has 0 amide bonds. The Morgan fingerprint density at radius 3 is 2.88 bits per heavy atom. The van der Waals surface area contributed by atoms with Gasteiger partial charge in [-0.2, -0.15) is 0 Å². The first-order valence-corrected chi connectivity index (χ1v) is 6.10. The van der Waals surface area contributed by atoms with Crippen LogP contribution in [0.3, 0.4) is 0 Å². The van der Waals surface area contributed by atoms with Crippen LogP contribution in [0.4, 0.5) is 0 Å². The highest BCUT2D eigenvalue weighted by atomic mass is 35.5. The van der Waals surface area contributed by atoms with Crippen LogP contribution in [-0.4, -0.2) is 17.7 Å². The van der Waals surface area contributed by atoms with Gasteiger partial charge in [0.05, 0.1) is 12.5 Å². The van der Waals surface area contributed by atoms with Crippen LogP contribution in [0.5, 0.6) is 5.75 Å². The molecule has 0 bridgehead atoms. The molecule has 1 unspecified atom stereocenters. The quantitative estimate of drug-likeness (QED) is 0.877. The van der Waals surface area contributed by atoms with Crippen molar-refractivity contribution < 1.29 is 14.6 Å². The minimum Gasteiger partial charge on any atom is -0.493 e. The van der Waals surface area contributed by atoms with Gasteiger partial charge in [-0.25, -0.2) is 0 Å². The molecule has 0 aliphatic heterocycles. The summed E-state index contributed by atoms with van der Waals surface area (Å²) in [6, 6.07) is 5.14. The molecule has 1 aliphatic carbocycles. The van der Waals surface area contributed by atoms with E-state index in [-0.39, 0.29) is 0 Å². The van der Waals surface area contributed by atoms with E-state index in [0.717, 1.165) is 0 Å². The molecule has 1 fully saturated rings. The van der Waals surface area contributed by atoms with Crippen molar-refractivity contribution in [3.63, 3.8) is 0 Å². The Labute approximate surface area is 105 Å². The second-order valence-corrected chi connectivity index (χ2v) is 4.93. The number of carboxylic acid groups (broad SMARTS) is 1. The summed E-state index contributed by atoms with van der Waals surface area (Å²) in [7, 11) is 0. The third kappa shape index (κ3) is 3.13. The summed E-state index contributed by atoms with van der Waals surface area (Å²) in [5, 5.41) is 9.58. The topological polar surface area (TPSA) is 46.5 Å². The number of aliphatic carboxylic acids is 1. The summed E-state index contributed by atoms with van der Waals surface area (Å²) in [4.78, 5) is 11.0. The average molecular weight is 255 g/mol. The van der Waals surface area contributed by atoms with E-state index in [4.69, 9.17) is 21.4 Å². The molecule has 92 valence electrons. The van der Waals surface area contributed by atoms with E-state index in [0.29, 0.717) is 28.9 Å². The third-order valence-corrected chi connectivity index (χ3v) is 3.22. The maximum Gasteiger partial charge on any atom is 0.310 e. The summed E-state index contributed by atoms with van der Waals surface area (Å²) in [5.74, 6) is -0.207. The van der Waals surface area contributed by atoms with Crippen LogP contribution >= 0.6 is 11.6 Å². The van der Waals surface area contributed by atoms with Crippen LogP contribution in [0.15, 0.2) is 18.2 Å². The number of ether oxygens (including phenoxy) is 1. The van der Waals surface area contributed by atoms with Crippen molar-refractivity contribution in [3.8, 4) is 5.75 Å². The lowest BCUT2D eigenvalue weighted by Gasteiger charge is -2.14. The fraction of sp³-hybridized carbons (Fsp3) is 0.462. The first-order chi connectivity index (χ1) is 8.08. The number of carboxylic acids is 1. The van der Waals surface area contributed by atoms with Gasteiger partial charge in [-0.15, -0.1) is 0 Å². The minimum absolute atomic E-state index is 0.534. The van der Waals surface area contributed by atoms with Crippen LogP contribution in [0.25, 0.3) is 0 Å². The Balaban J connectivity index is 2.19. The fourth-order valence-electron chi connectivity index (χ4n) is 1.61. The molecule has 1 aromatic carbocycles. The average Bonchev–Trinajstić information content (AvgIpc) is 3.10. The molecule has 4 heteroatoms. The van der Waals surface area contributed by atoms with Crippen LogP contribution in [0, 0.1) is 5.92 Å². The highest BCUT2D eigenvalue weighted by Gasteiger charge is 2.24. The van der Waals surface area contributed by atoms with Crippen molar-refractivity contribution in [3.05, 3.63) is 28.8 Å². The largest absolute Gasteiger partial charge is 0.493 e. The normalized spacial score (nSPS) is 16.6. The molecule has 0 heterocycles. The maximum absolute atomic E-state index is 11.0. The van der Waals surface area contributed by atoms with Gasteiger partial charge < -0.3 is 9.84 Å². The molecule has 1 aliphatic rings. The summed E-state index contributed by atoms with van der Waals surface area (Å²) >= 11 is 5.89. The molecule has 1 N–H and O–H groups in total. The van der Waals surface area contributed by atoms with E-state index in [1.54, 1.807) is 25.1 Å². The maximum atomic E-state index is 11.0.